The zero-order valence-electron chi connectivity index (χ0n) is 16.2. The lowest BCUT2D eigenvalue weighted by molar-refractivity contribution is -0.148. The van der Waals surface area contributed by atoms with E-state index in [4.69, 9.17) is 10.00 Å². The molecule has 0 saturated heterocycles. The predicted molar refractivity (Wildman–Crippen MR) is 109 cm³/mol. The molecule has 0 heterocycles. The van der Waals surface area contributed by atoms with Crippen LogP contribution in [0.5, 0.6) is 0 Å². The van der Waals surface area contributed by atoms with Crippen molar-refractivity contribution in [2.75, 3.05) is 25.5 Å². The highest BCUT2D eigenvalue weighted by Gasteiger charge is 2.14. The van der Waals surface area contributed by atoms with Gasteiger partial charge in [0.05, 0.1) is 18.2 Å². The maximum Gasteiger partial charge on any atom is 0.331 e. The summed E-state index contributed by atoms with van der Waals surface area (Å²) in [6.45, 7) is 1.31. The summed E-state index contributed by atoms with van der Waals surface area (Å²) in [4.78, 5) is 37.0. The van der Waals surface area contributed by atoms with Gasteiger partial charge in [-0.1, -0.05) is 29.8 Å². The lowest BCUT2D eigenvalue weighted by Gasteiger charge is -2.16. The molecule has 1 N–H and O–H groups in total. The molecular weight excluding hydrogens is 370 g/mol. The number of carbonyl (C=O) groups is 3. The third-order valence-electron chi connectivity index (χ3n) is 3.93. The van der Waals surface area contributed by atoms with Gasteiger partial charge in [0.1, 0.15) is 0 Å². The summed E-state index contributed by atoms with van der Waals surface area (Å²) < 4.78 is 4.90. The van der Waals surface area contributed by atoms with Gasteiger partial charge in [-0.3, -0.25) is 9.59 Å². The molecule has 7 nitrogen and oxygen atoms in total. The average molecular weight is 391 g/mol. The number of anilines is 1. The Kier molecular flexibility index (Phi) is 7.68. The lowest BCUT2D eigenvalue weighted by Crippen LogP contribution is -2.37. The Balaban J connectivity index is 1.75. The van der Waals surface area contributed by atoms with Gasteiger partial charge in [0.15, 0.2) is 6.61 Å². The Bertz CT molecular complexity index is 942. The molecule has 0 atom stereocenters. The number of nitrogens with one attached hydrogen (secondary N) is 1. The van der Waals surface area contributed by atoms with Gasteiger partial charge in [-0.25, -0.2) is 4.79 Å². The molecule has 29 heavy (non-hydrogen) atoms. The van der Waals surface area contributed by atoms with E-state index in [9.17, 15) is 14.4 Å². The molecule has 0 fully saturated rings. The van der Waals surface area contributed by atoms with E-state index in [0.29, 0.717) is 11.3 Å². The molecule has 0 unspecified atom stereocenters. The van der Waals surface area contributed by atoms with Gasteiger partial charge in [0.25, 0.3) is 5.91 Å². The number of nitriles is 1. The number of ether oxygens (including phenoxy) is 1. The lowest BCUT2D eigenvalue weighted by atomic mass is 10.1. The molecule has 0 aliphatic rings. The standard InChI is InChI=1S/C22H21N3O4/c1-16-3-10-19(11-4-16)24-20(26)14-25(2)21(27)15-29-22(28)12-9-17-5-7-18(13-23)8-6-17/h3-12H,14-15H2,1-2H3,(H,24,26)/b12-9+. The second kappa shape index (κ2) is 10.4. The number of benzene rings is 2. The van der Waals surface area contributed by atoms with Crippen molar-refractivity contribution in [3.05, 3.63) is 71.3 Å². The molecule has 0 bridgehead atoms. The molecule has 0 aliphatic carbocycles. The molecule has 7 heteroatoms. The van der Waals surface area contributed by atoms with Crippen LogP contribution in [0.3, 0.4) is 0 Å². The van der Waals surface area contributed by atoms with Crippen LogP contribution in [0.15, 0.2) is 54.6 Å². The molecule has 0 aromatic heterocycles. The van der Waals surface area contributed by atoms with Gasteiger partial charge in [-0.2, -0.15) is 5.26 Å². The SMILES string of the molecule is Cc1ccc(NC(=O)CN(C)C(=O)COC(=O)/C=C/c2ccc(C#N)cc2)cc1. The third-order valence-corrected chi connectivity index (χ3v) is 3.93. The summed E-state index contributed by atoms with van der Waals surface area (Å²) in [5.41, 5.74) is 2.95. The molecule has 2 aromatic carbocycles. The van der Waals surface area contributed by atoms with Crippen LogP contribution >= 0.6 is 0 Å². The zero-order valence-corrected chi connectivity index (χ0v) is 16.2. The van der Waals surface area contributed by atoms with Crippen molar-refractivity contribution in [3.63, 3.8) is 0 Å². The molecule has 2 rings (SSSR count). The van der Waals surface area contributed by atoms with E-state index in [-0.39, 0.29) is 12.5 Å². The molecular formula is C22H21N3O4. The average Bonchev–Trinajstić information content (AvgIpc) is 2.72. The van der Waals surface area contributed by atoms with Crippen LogP contribution in [0.4, 0.5) is 5.69 Å². The first-order valence-corrected chi connectivity index (χ1v) is 8.83. The highest BCUT2D eigenvalue weighted by molar-refractivity contribution is 5.95. The molecule has 0 spiro atoms. The van der Waals surface area contributed by atoms with E-state index in [1.165, 1.54) is 24.1 Å². The molecule has 148 valence electrons. The predicted octanol–water partition coefficient (Wildman–Crippen LogP) is 2.52. The molecule has 2 amide bonds. The first-order valence-electron chi connectivity index (χ1n) is 8.83. The molecule has 0 radical (unpaired) electrons. The number of amides is 2. The second-order valence-electron chi connectivity index (χ2n) is 6.34. The largest absolute Gasteiger partial charge is 0.452 e. The van der Waals surface area contributed by atoms with E-state index >= 15 is 0 Å². The Labute approximate surface area is 169 Å². The topological polar surface area (TPSA) is 99.5 Å². The Morgan fingerprint density at radius 2 is 1.76 bits per heavy atom. The number of rotatable bonds is 7. The Morgan fingerprint density at radius 3 is 2.38 bits per heavy atom. The number of carbonyl (C=O) groups excluding carboxylic acids is 3. The number of esters is 1. The first-order chi connectivity index (χ1) is 13.9. The van der Waals surface area contributed by atoms with Crippen LogP contribution in [-0.4, -0.2) is 42.9 Å². The van der Waals surface area contributed by atoms with Crippen LogP contribution < -0.4 is 5.32 Å². The normalized spacial score (nSPS) is 10.2. The monoisotopic (exact) mass is 391 g/mol. The van der Waals surface area contributed by atoms with Crippen molar-refractivity contribution < 1.29 is 19.1 Å². The van der Waals surface area contributed by atoms with Gasteiger partial charge in [-0.15, -0.1) is 0 Å². The first kappa shape index (κ1) is 21.4. The van der Waals surface area contributed by atoms with Crippen molar-refractivity contribution in [2.24, 2.45) is 0 Å². The number of nitrogens with zero attached hydrogens (tertiary/aromatic N) is 2. The fraction of sp³-hybridized carbons (Fsp3) is 0.182. The highest BCUT2D eigenvalue weighted by Crippen LogP contribution is 2.08. The van der Waals surface area contributed by atoms with Gasteiger partial charge >= 0.3 is 5.97 Å². The van der Waals surface area contributed by atoms with E-state index in [2.05, 4.69) is 5.32 Å². The smallest absolute Gasteiger partial charge is 0.331 e. The van der Waals surface area contributed by atoms with Crippen LogP contribution in [0.1, 0.15) is 16.7 Å². The van der Waals surface area contributed by atoms with Crippen molar-refractivity contribution in [3.8, 4) is 6.07 Å². The summed E-state index contributed by atoms with van der Waals surface area (Å²) in [5.74, 6) is -1.53. The molecule has 0 saturated carbocycles. The number of hydrogen-bond donors (Lipinski definition) is 1. The van der Waals surface area contributed by atoms with Crippen LogP contribution in [0.2, 0.25) is 0 Å². The fourth-order valence-electron chi connectivity index (χ4n) is 2.27. The van der Waals surface area contributed by atoms with Gasteiger partial charge in [-0.05, 0) is 42.8 Å². The zero-order chi connectivity index (χ0) is 21.2. The van der Waals surface area contributed by atoms with Crippen molar-refractivity contribution in [1.29, 1.82) is 5.26 Å². The number of hydrogen-bond acceptors (Lipinski definition) is 5. The van der Waals surface area contributed by atoms with E-state index in [0.717, 1.165) is 11.1 Å². The molecule has 0 aliphatic heterocycles. The maximum atomic E-state index is 12.0. The van der Waals surface area contributed by atoms with Crippen molar-refractivity contribution >= 4 is 29.5 Å². The van der Waals surface area contributed by atoms with Crippen molar-refractivity contribution in [1.82, 2.24) is 4.90 Å². The number of likely N-dealkylation sites (N-methyl/N-ethyl adjacent to an activating group) is 1. The van der Waals surface area contributed by atoms with Gasteiger partial charge < -0.3 is 15.0 Å². The Morgan fingerprint density at radius 1 is 1.10 bits per heavy atom. The van der Waals surface area contributed by atoms with Gasteiger partial charge in [0.2, 0.25) is 5.91 Å². The summed E-state index contributed by atoms with van der Waals surface area (Å²) in [6.07, 6.45) is 2.71. The third kappa shape index (κ3) is 7.31. The summed E-state index contributed by atoms with van der Waals surface area (Å²) >= 11 is 0. The van der Waals surface area contributed by atoms with Crippen LogP contribution in [0.25, 0.3) is 6.08 Å². The van der Waals surface area contributed by atoms with E-state index in [1.54, 1.807) is 36.4 Å². The minimum Gasteiger partial charge on any atom is -0.452 e. The summed E-state index contributed by atoms with van der Waals surface area (Å²) in [5, 5.41) is 11.4. The summed E-state index contributed by atoms with van der Waals surface area (Å²) in [6, 6.07) is 15.9. The quantitative estimate of drug-likeness (QED) is 0.577. The van der Waals surface area contributed by atoms with E-state index in [1.807, 2.05) is 25.1 Å². The minimum absolute atomic E-state index is 0.161. The molecule has 2 aromatic rings. The van der Waals surface area contributed by atoms with E-state index < -0.39 is 18.5 Å². The highest BCUT2D eigenvalue weighted by atomic mass is 16.5. The minimum atomic E-state index is -0.680. The fourth-order valence-corrected chi connectivity index (χ4v) is 2.27. The van der Waals surface area contributed by atoms with Crippen LogP contribution in [0, 0.1) is 18.3 Å². The maximum absolute atomic E-state index is 12.0. The van der Waals surface area contributed by atoms with Crippen LogP contribution in [-0.2, 0) is 19.1 Å². The summed E-state index contributed by atoms with van der Waals surface area (Å²) in [7, 11) is 1.46. The van der Waals surface area contributed by atoms with Crippen molar-refractivity contribution in [2.45, 2.75) is 6.92 Å². The van der Waals surface area contributed by atoms with Gasteiger partial charge in [0, 0.05) is 18.8 Å². The second-order valence-corrected chi connectivity index (χ2v) is 6.34. The number of aryl methyl sites for hydroxylation is 1. The Hall–Kier alpha value is -3.92.